The van der Waals surface area contributed by atoms with Crippen LogP contribution < -0.4 is 0 Å². The zero-order valence-corrected chi connectivity index (χ0v) is 22.2. The van der Waals surface area contributed by atoms with Crippen LogP contribution in [0.2, 0.25) is 0 Å². The Morgan fingerprint density at radius 3 is 1.32 bits per heavy atom. The van der Waals surface area contributed by atoms with Crippen molar-refractivity contribution in [2.45, 2.75) is 71.6 Å². The van der Waals surface area contributed by atoms with Crippen molar-refractivity contribution in [3.63, 3.8) is 0 Å². The van der Waals surface area contributed by atoms with Crippen molar-refractivity contribution >= 4 is 0 Å². The first-order valence-electron chi connectivity index (χ1n) is 10.7. The molecule has 0 aliphatic carbocycles. The molecular weight excluding hydrogens is 523 g/mol. The normalized spacial score (nSPS) is 12.5. The Morgan fingerprint density at radius 1 is 0.618 bits per heavy atom. The maximum absolute atomic E-state index is 4.64. The van der Waals surface area contributed by atoms with Gasteiger partial charge in [0, 0.05) is 0 Å². The third kappa shape index (κ3) is 5.10. The Kier molecular flexibility index (Phi) is 6.84. The maximum atomic E-state index is 4.64. The Labute approximate surface area is 213 Å². The van der Waals surface area contributed by atoms with Crippen LogP contribution in [0.3, 0.4) is 0 Å². The zero-order valence-electron chi connectivity index (χ0n) is 20.6. The van der Waals surface area contributed by atoms with Crippen molar-refractivity contribution < 1.29 is 20.4 Å². The van der Waals surface area contributed by atoms with Crippen LogP contribution in [0.4, 0.5) is 0 Å². The molecule has 0 fully saturated rings. The van der Waals surface area contributed by atoms with Crippen LogP contribution in [-0.2, 0) is 36.7 Å². The summed E-state index contributed by atoms with van der Waals surface area (Å²) >= 11 is 0. The van der Waals surface area contributed by atoms with Crippen LogP contribution in [0.15, 0.2) is 24.8 Å². The van der Waals surface area contributed by atoms with Crippen molar-refractivity contribution in [3.8, 4) is 11.9 Å². The zero-order chi connectivity index (χ0) is 24.0. The van der Waals surface area contributed by atoms with E-state index in [4.69, 9.17) is 0 Å². The van der Waals surface area contributed by atoms with Gasteiger partial charge in [0.2, 0.25) is 0 Å². The number of hydrogen-bond donors (Lipinski definition) is 0. The summed E-state index contributed by atoms with van der Waals surface area (Å²) in [4.78, 5) is 26.6. The second-order valence-corrected chi connectivity index (χ2v) is 10.5. The van der Waals surface area contributed by atoms with Gasteiger partial charge in [0.15, 0.2) is 0 Å². The summed E-state index contributed by atoms with van der Waals surface area (Å²) in [5.41, 5.74) is 0.866. The predicted octanol–water partition coefficient (Wildman–Crippen LogP) is 2.95. The van der Waals surface area contributed by atoms with E-state index in [9.17, 15) is 0 Å². The van der Waals surface area contributed by atoms with E-state index in [-0.39, 0.29) is 31.3 Å². The molecule has 0 unspecified atom stereocenters. The molecular formula is C23H28N10Pd. The third-order valence-electron chi connectivity index (χ3n) is 5.21. The van der Waals surface area contributed by atoms with Crippen LogP contribution in [0, 0.1) is 12.4 Å². The molecule has 0 amide bonds. The summed E-state index contributed by atoms with van der Waals surface area (Å²) in [5, 5.41) is 9.15. The minimum Gasteiger partial charge on any atom is -0.328 e. The molecule has 0 spiro atoms. The monoisotopic (exact) mass is 550 g/mol. The molecule has 11 heteroatoms. The van der Waals surface area contributed by atoms with Crippen molar-refractivity contribution in [3.05, 3.63) is 60.2 Å². The maximum Gasteiger partial charge on any atom is 2.00 e. The molecule has 0 saturated heterocycles. The molecule has 0 radical (unpaired) electrons. The first-order valence-corrected chi connectivity index (χ1v) is 10.7. The van der Waals surface area contributed by atoms with E-state index in [0.717, 1.165) is 11.4 Å². The van der Waals surface area contributed by atoms with Crippen molar-refractivity contribution in [2.75, 3.05) is 0 Å². The molecule has 0 saturated carbocycles. The van der Waals surface area contributed by atoms with Gasteiger partial charge in [-0.05, 0) is 36.1 Å². The molecule has 0 bridgehead atoms. The summed E-state index contributed by atoms with van der Waals surface area (Å²) in [6, 6.07) is 3.69. The molecule has 4 aromatic rings. The summed E-state index contributed by atoms with van der Waals surface area (Å²) in [7, 11) is 0. The van der Waals surface area contributed by atoms with Crippen molar-refractivity contribution in [1.29, 1.82) is 0 Å². The van der Waals surface area contributed by atoms with Crippen molar-refractivity contribution in [1.82, 2.24) is 49.5 Å². The summed E-state index contributed by atoms with van der Waals surface area (Å²) in [6.07, 6.45) is 9.10. The van der Waals surface area contributed by atoms with E-state index in [1.165, 1.54) is 22.0 Å². The fraction of sp³-hybridized carbons (Fsp3) is 0.478. The van der Waals surface area contributed by atoms with Crippen LogP contribution in [-0.4, -0.2) is 49.5 Å². The Bertz CT molecular complexity index is 1180. The van der Waals surface area contributed by atoms with E-state index in [2.05, 4.69) is 94.0 Å². The third-order valence-corrected chi connectivity index (χ3v) is 5.21. The molecule has 34 heavy (non-hydrogen) atoms. The van der Waals surface area contributed by atoms with E-state index in [0.29, 0.717) is 23.5 Å². The van der Waals surface area contributed by atoms with Gasteiger partial charge in [-0.15, -0.1) is 12.1 Å². The van der Waals surface area contributed by atoms with Gasteiger partial charge in [0.1, 0.15) is 36.2 Å². The van der Waals surface area contributed by atoms with Gasteiger partial charge in [0.05, 0.1) is 5.41 Å². The second-order valence-electron chi connectivity index (χ2n) is 10.5. The van der Waals surface area contributed by atoms with E-state index >= 15 is 0 Å². The molecule has 0 aliphatic rings. The Balaban J connectivity index is 0.00000324. The van der Waals surface area contributed by atoms with Crippen LogP contribution in [0.5, 0.6) is 0 Å². The average Bonchev–Trinajstić information content (AvgIpc) is 3.44. The quantitative estimate of drug-likeness (QED) is 0.281. The largest absolute Gasteiger partial charge is 2.00 e. The topological polar surface area (TPSA) is 113 Å². The molecule has 4 heterocycles. The Morgan fingerprint density at radius 2 is 1.00 bits per heavy atom. The van der Waals surface area contributed by atoms with Gasteiger partial charge < -0.3 is 9.36 Å². The van der Waals surface area contributed by atoms with Gasteiger partial charge >= 0.3 is 20.4 Å². The SMILES string of the molecule is CC(C)(C)c1c[c-]n(-c2ncnc(C(C)(C)c3ncnc(-n4[c-]cc(C(C)(C)C)n4)n3)n2)n1.[Pd+2]. The van der Waals surface area contributed by atoms with Crippen LogP contribution in [0.25, 0.3) is 11.9 Å². The standard InChI is InChI=1S/C23H28N10.Pd/c1-21(2,3)15-9-11-32(30-15)19-26-13-24-17(28-19)23(7,8)18-25-14-27-20(29-18)33-12-10-16(31-33)22(4,5)6;/h9-10,13-14H,1-8H3;/q-2;+2. The van der Waals surface area contributed by atoms with E-state index in [1.54, 1.807) is 0 Å². The molecule has 10 nitrogen and oxygen atoms in total. The molecule has 4 aromatic heterocycles. The van der Waals surface area contributed by atoms with Gasteiger partial charge in [-0.1, -0.05) is 53.9 Å². The molecule has 0 aromatic carbocycles. The summed E-state index contributed by atoms with van der Waals surface area (Å²) in [5.74, 6) is 1.78. The van der Waals surface area contributed by atoms with E-state index < -0.39 is 5.41 Å². The smallest absolute Gasteiger partial charge is 0.328 e. The minimum atomic E-state index is -0.727. The number of aromatic nitrogens is 10. The molecule has 0 aliphatic heterocycles. The average molecular weight is 551 g/mol. The Hall–Kier alpha value is -2.90. The molecule has 4 rings (SSSR count). The van der Waals surface area contributed by atoms with Gasteiger partial charge in [-0.3, -0.25) is 30.1 Å². The first-order chi connectivity index (χ1) is 15.4. The van der Waals surface area contributed by atoms with E-state index in [1.807, 2.05) is 26.0 Å². The van der Waals surface area contributed by atoms with Gasteiger partial charge in [0.25, 0.3) is 0 Å². The predicted molar refractivity (Wildman–Crippen MR) is 121 cm³/mol. The molecule has 180 valence electrons. The van der Waals surface area contributed by atoms with Gasteiger partial charge in [-0.2, -0.15) is 0 Å². The van der Waals surface area contributed by atoms with Crippen LogP contribution >= 0.6 is 0 Å². The van der Waals surface area contributed by atoms with Crippen molar-refractivity contribution in [2.24, 2.45) is 0 Å². The molecule has 0 atom stereocenters. The molecule has 0 N–H and O–H groups in total. The fourth-order valence-corrected chi connectivity index (χ4v) is 3.00. The minimum absolute atomic E-state index is 0. The van der Waals surface area contributed by atoms with Crippen LogP contribution in [0.1, 0.15) is 78.4 Å². The van der Waals surface area contributed by atoms with Gasteiger partial charge in [-0.25, -0.2) is 9.97 Å². The summed E-state index contributed by atoms with van der Waals surface area (Å²) < 4.78 is 3.07. The second kappa shape index (κ2) is 9.04. The number of hydrogen-bond acceptors (Lipinski definition) is 8. The number of rotatable bonds is 4. The fourth-order valence-electron chi connectivity index (χ4n) is 3.00. The number of nitrogens with zero attached hydrogens (tertiary/aromatic N) is 10. The summed E-state index contributed by atoms with van der Waals surface area (Å²) in [6.45, 7) is 16.5. The first kappa shape index (κ1) is 25.7.